The largest absolute Gasteiger partial charge is 0.364 e. The third kappa shape index (κ3) is 3.84. The third-order valence-electron chi connectivity index (χ3n) is 3.94. The maximum Gasteiger partial charge on any atom is 0.279 e. The van der Waals surface area contributed by atoms with Gasteiger partial charge in [0.25, 0.3) is 17.7 Å². The van der Waals surface area contributed by atoms with Crippen LogP contribution in [-0.2, 0) is 0 Å². The molecule has 0 aliphatic heterocycles. The second-order valence-corrected chi connectivity index (χ2v) is 5.72. The molecule has 2 aromatic carbocycles. The summed E-state index contributed by atoms with van der Waals surface area (Å²) in [5.41, 5.74) is 6.84. The Morgan fingerprint density at radius 1 is 1.04 bits per heavy atom. The van der Waals surface area contributed by atoms with E-state index >= 15 is 0 Å². The average Bonchev–Trinajstić information content (AvgIpc) is 3.18. The fourth-order valence-corrected chi connectivity index (χ4v) is 2.48. The molecule has 3 aromatic rings. The lowest BCUT2D eigenvalue weighted by molar-refractivity contribution is 0.0958. The Hall–Kier alpha value is -3.94. The van der Waals surface area contributed by atoms with Gasteiger partial charge in [0, 0.05) is 24.0 Å². The van der Waals surface area contributed by atoms with Crippen molar-refractivity contribution < 1.29 is 14.4 Å². The molecule has 8 heteroatoms. The molecule has 4 N–H and O–H groups in total. The fourth-order valence-electron chi connectivity index (χ4n) is 2.48. The van der Waals surface area contributed by atoms with Crippen LogP contribution < -0.4 is 16.0 Å². The van der Waals surface area contributed by atoms with Gasteiger partial charge in [0.1, 0.15) is 5.69 Å². The molecule has 0 saturated carbocycles. The fraction of sp³-hybridized carbons (Fsp3) is 0.0526. The van der Waals surface area contributed by atoms with Crippen molar-refractivity contribution in [3.63, 3.8) is 0 Å². The van der Waals surface area contributed by atoms with E-state index in [1.807, 2.05) is 6.07 Å². The Kier molecular flexibility index (Phi) is 4.98. The molecule has 136 valence electrons. The van der Waals surface area contributed by atoms with Crippen molar-refractivity contribution in [2.45, 2.75) is 0 Å². The minimum absolute atomic E-state index is 0.0430. The first-order valence-electron chi connectivity index (χ1n) is 8.05. The first-order chi connectivity index (χ1) is 13.0. The second kappa shape index (κ2) is 7.52. The lowest BCUT2D eigenvalue weighted by atomic mass is 10.2. The van der Waals surface area contributed by atoms with Gasteiger partial charge >= 0.3 is 0 Å². The SMILES string of the molecule is CN(C(=O)c1nc[nH]c1C(N)=O)c1ccc(NC(=O)c2ccccc2)cc1. The van der Waals surface area contributed by atoms with E-state index in [0.29, 0.717) is 16.9 Å². The molecule has 8 nitrogen and oxygen atoms in total. The predicted octanol–water partition coefficient (Wildman–Crippen LogP) is 2.04. The van der Waals surface area contributed by atoms with E-state index in [4.69, 9.17) is 5.73 Å². The molecule has 0 saturated heterocycles. The van der Waals surface area contributed by atoms with E-state index in [-0.39, 0.29) is 17.3 Å². The van der Waals surface area contributed by atoms with E-state index in [9.17, 15) is 14.4 Å². The van der Waals surface area contributed by atoms with Crippen molar-refractivity contribution in [2.75, 3.05) is 17.3 Å². The lowest BCUT2D eigenvalue weighted by Gasteiger charge is -2.17. The van der Waals surface area contributed by atoms with Crippen LogP contribution in [0.4, 0.5) is 11.4 Å². The van der Waals surface area contributed by atoms with E-state index in [0.717, 1.165) is 0 Å². The van der Waals surface area contributed by atoms with Gasteiger partial charge in [-0.1, -0.05) is 18.2 Å². The lowest BCUT2D eigenvalue weighted by Crippen LogP contribution is -2.29. The van der Waals surface area contributed by atoms with Gasteiger partial charge in [-0.25, -0.2) is 4.98 Å². The number of nitrogens with zero attached hydrogens (tertiary/aromatic N) is 2. The van der Waals surface area contributed by atoms with Crippen molar-refractivity contribution in [3.8, 4) is 0 Å². The van der Waals surface area contributed by atoms with Gasteiger partial charge in [0.2, 0.25) is 0 Å². The summed E-state index contributed by atoms with van der Waals surface area (Å²) in [5.74, 6) is -1.47. The predicted molar refractivity (Wildman–Crippen MR) is 101 cm³/mol. The smallest absolute Gasteiger partial charge is 0.279 e. The van der Waals surface area contributed by atoms with Crippen LogP contribution in [0, 0.1) is 0 Å². The molecule has 1 aromatic heterocycles. The normalized spacial score (nSPS) is 10.3. The molecule has 0 atom stereocenters. The summed E-state index contributed by atoms with van der Waals surface area (Å²) in [6, 6.07) is 15.6. The molecule has 0 aliphatic rings. The van der Waals surface area contributed by atoms with Crippen LogP contribution in [-0.4, -0.2) is 34.7 Å². The molecule has 0 radical (unpaired) electrons. The van der Waals surface area contributed by atoms with Crippen LogP contribution >= 0.6 is 0 Å². The van der Waals surface area contributed by atoms with Crippen LogP contribution in [0.15, 0.2) is 60.9 Å². The number of nitrogens with one attached hydrogen (secondary N) is 2. The van der Waals surface area contributed by atoms with Crippen LogP contribution in [0.1, 0.15) is 31.3 Å². The number of carbonyl (C=O) groups excluding carboxylic acids is 3. The number of nitrogens with two attached hydrogens (primary N) is 1. The number of benzene rings is 2. The van der Waals surface area contributed by atoms with Crippen molar-refractivity contribution in [3.05, 3.63) is 77.9 Å². The van der Waals surface area contributed by atoms with Crippen molar-refractivity contribution in [1.29, 1.82) is 0 Å². The maximum absolute atomic E-state index is 12.5. The summed E-state index contributed by atoms with van der Waals surface area (Å²) in [5, 5.41) is 2.78. The average molecular weight is 363 g/mol. The molecule has 0 spiro atoms. The van der Waals surface area contributed by atoms with Gasteiger partial charge in [-0.05, 0) is 36.4 Å². The molecule has 0 unspecified atom stereocenters. The Balaban J connectivity index is 1.73. The van der Waals surface area contributed by atoms with Gasteiger partial charge in [0.05, 0.1) is 6.33 Å². The number of anilines is 2. The van der Waals surface area contributed by atoms with E-state index in [1.54, 1.807) is 55.6 Å². The van der Waals surface area contributed by atoms with Gasteiger partial charge < -0.3 is 20.9 Å². The summed E-state index contributed by atoms with van der Waals surface area (Å²) in [7, 11) is 1.55. The van der Waals surface area contributed by atoms with Crippen LogP contribution in [0.5, 0.6) is 0 Å². The second-order valence-electron chi connectivity index (χ2n) is 5.72. The Morgan fingerprint density at radius 3 is 2.33 bits per heavy atom. The van der Waals surface area contributed by atoms with Crippen LogP contribution in [0.2, 0.25) is 0 Å². The number of imidazole rings is 1. The van der Waals surface area contributed by atoms with Gasteiger partial charge in [0.15, 0.2) is 5.69 Å². The van der Waals surface area contributed by atoms with E-state index in [1.165, 1.54) is 11.2 Å². The molecule has 27 heavy (non-hydrogen) atoms. The highest BCUT2D eigenvalue weighted by Gasteiger charge is 2.22. The minimum atomic E-state index is -0.761. The highest BCUT2D eigenvalue weighted by Crippen LogP contribution is 2.19. The number of H-pyrrole nitrogens is 1. The number of rotatable bonds is 5. The third-order valence-corrected chi connectivity index (χ3v) is 3.94. The number of amides is 3. The first-order valence-corrected chi connectivity index (χ1v) is 8.05. The van der Waals surface area contributed by atoms with Crippen molar-refractivity contribution in [1.82, 2.24) is 9.97 Å². The van der Waals surface area contributed by atoms with Gasteiger partial charge in [-0.15, -0.1) is 0 Å². The maximum atomic E-state index is 12.5. The quantitative estimate of drug-likeness (QED) is 0.642. The zero-order chi connectivity index (χ0) is 19.4. The standard InChI is InChI=1S/C19H17N5O3/c1-24(19(27)16-15(17(20)25)21-11-22-16)14-9-7-13(8-10-14)23-18(26)12-5-3-2-4-6-12/h2-11H,1H3,(H2,20,25)(H,21,22)(H,23,26). The monoisotopic (exact) mass is 363 g/mol. The number of aromatic amines is 1. The van der Waals surface area contributed by atoms with Gasteiger partial charge in [-0.2, -0.15) is 0 Å². The highest BCUT2D eigenvalue weighted by atomic mass is 16.2. The van der Waals surface area contributed by atoms with Crippen LogP contribution in [0.25, 0.3) is 0 Å². The Bertz CT molecular complexity index is 980. The number of hydrogen-bond donors (Lipinski definition) is 3. The summed E-state index contributed by atoms with van der Waals surface area (Å²) in [4.78, 5) is 43.8. The summed E-state index contributed by atoms with van der Waals surface area (Å²) < 4.78 is 0. The van der Waals surface area contributed by atoms with Crippen molar-refractivity contribution in [2.24, 2.45) is 5.73 Å². The first kappa shape index (κ1) is 17.9. The zero-order valence-electron chi connectivity index (χ0n) is 14.5. The Labute approximate surface area is 155 Å². The Morgan fingerprint density at radius 2 is 1.70 bits per heavy atom. The number of aromatic nitrogens is 2. The van der Waals surface area contributed by atoms with Gasteiger partial charge in [-0.3, -0.25) is 14.4 Å². The van der Waals surface area contributed by atoms with E-state index < -0.39 is 11.8 Å². The molecule has 0 aliphatic carbocycles. The molecule has 1 heterocycles. The number of carbonyl (C=O) groups is 3. The zero-order valence-corrected chi connectivity index (χ0v) is 14.5. The molecule has 0 fully saturated rings. The summed E-state index contributed by atoms with van der Waals surface area (Å²) in [6.07, 6.45) is 1.24. The highest BCUT2D eigenvalue weighted by molar-refractivity contribution is 6.11. The molecule has 0 bridgehead atoms. The topological polar surface area (TPSA) is 121 Å². The van der Waals surface area contributed by atoms with Crippen molar-refractivity contribution >= 4 is 29.1 Å². The molecule has 3 rings (SSSR count). The number of primary amides is 1. The number of hydrogen-bond acceptors (Lipinski definition) is 4. The summed E-state index contributed by atoms with van der Waals surface area (Å²) in [6.45, 7) is 0. The minimum Gasteiger partial charge on any atom is -0.364 e. The molecular formula is C19H17N5O3. The summed E-state index contributed by atoms with van der Waals surface area (Å²) >= 11 is 0. The van der Waals surface area contributed by atoms with Crippen LogP contribution in [0.3, 0.4) is 0 Å². The molecule has 3 amide bonds. The molecular weight excluding hydrogens is 346 g/mol. The van der Waals surface area contributed by atoms with E-state index in [2.05, 4.69) is 15.3 Å².